The molecule has 4 nitrogen and oxygen atoms in total. The second-order valence-corrected chi connectivity index (χ2v) is 2.15. The molecule has 0 atom stereocenters. The molecule has 0 aliphatic rings. The van der Waals surface area contributed by atoms with Crippen LogP contribution in [0.5, 0.6) is 5.75 Å². The molecule has 0 aromatic carbocycles. The van der Waals surface area contributed by atoms with Crippen LogP contribution >= 0.6 is 11.6 Å². The van der Waals surface area contributed by atoms with E-state index in [1.54, 1.807) is 0 Å². The minimum absolute atomic E-state index is 0.239. The summed E-state index contributed by atoms with van der Waals surface area (Å²) in [4.78, 5) is 3.67. The van der Waals surface area contributed by atoms with Crippen molar-refractivity contribution in [1.82, 2.24) is 4.98 Å². The Hall–Kier alpha value is -0.775. The maximum Gasteiger partial charge on any atom is 0.707 e. The molecule has 0 unspecified atom stereocenters. The smallest absolute Gasteiger partial charge is 0.512 e. The molecule has 1 rings (SSSR count). The van der Waals surface area contributed by atoms with Crippen LogP contribution in [0.1, 0.15) is 0 Å². The molecule has 1 aromatic heterocycles. The monoisotopic (exact) mass is 173 g/mol. The quantitative estimate of drug-likeness (QED) is 0.491. The first-order chi connectivity index (χ1) is 5.18. The molecule has 1 heterocycles. The van der Waals surface area contributed by atoms with Crippen LogP contribution in [0.3, 0.4) is 0 Å². The molecule has 0 fully saturated rings. The SMILES string of the molecule is OB(O)Oc1ccnc(Cl)c1. The van der Waals surface area contributed by atoms with E-state index >= 15 is 0 Å². The topological polar surface area (TPSA) is 62.6 Å². The standard InChI is InChI=1S/C5H5BClNO3/c7-5-3-4(1-2-8-5)11-6(9)10/h1-3,9-10H. The lowest BCUT2D eigenvalue weighted by Crippen LogP contribution is -2.20. The third-order valence-electron chi connectivity index (χ3n) is 0.940. The molecule has 0 aliphatic carbocycles. The Labute approximate surface area is 68.6 Å². The summed E-state index contributed by atoms with van der Waals surface area (Å²) in [5.74, 6) is 0.264. The average Bonchev–Trinajstić information content (AvgIpc) is 1.85. The Morgan fingerprint density at radius 3 is 2.82 bits per heavy atom. The molecule has 0 bridgehead atoms. The van der Waals surface area contributed by atoms with Crippen molar-refractivity contribution in [2.24, 2.45) is 0 Å². The molecule has 2 N–H and O–H groups in total. The van der Waals surface area contributed by atoms with Crippen molar-refractivity contribution < 1.29 is 14.7 Å². The van der Waals surface area contributed by atoms with Crippen LogP contribution in [-0.4, -0.2) is 22.4 Å². The molecule has 1 aromatic rings. The maximum atomic E-state index is 8.37. The number of halogens is 1. The van der Waals surface area contributed by atoms with E-state index in [4.69, 9.17) is 21.6 Å². The Balaban J connectivity index is 2.71. The van der Waals surface area contributed by atoms with Gasteiger partial charge in [0.15, 0.2) is 0 Å². The lowest BCUT2D eigenvalue weighted by Gasteiger charge is -2.02. The third-order valence-corrected chi connectivity index (χ3v) is 1.15. The Morgan fingerprint density at radius 2 is 2.27 bits per heavy atom. The molecule has 11 heavy (non-hydrogen) atoms. The summed E-state index contributed by atoms with van der Waals surface area (Å²) in [5, 5.41) is 17.0. The predicted molar refractivity (Wildman–Crippen MR) is 40.1 cm³/mol. The third kappa shape index (κ3) is 2.75. The summed E-state index contributed by atoms with van der Waals surface area (Å²) >= 11 is 5.47. The highest BCUT2D eigenvalue weighted by molar-refractivity contribution is 6.34. The molecule has 0 saturated heterocycles. The molecule has 0 amide bonds. The van der Waals surface area contributed by atoms with E-state index in [0.29, 0.717) is 0 Å². The van der Waals surface area contributed by atoms with Crippen LogP contribution in [0.4, 0.5) is 0 Å². The van der Waals surface area contributed by atoms with Gasteiger partial charge >= 0.3 is 7.32 Å². The zero-order valence-electron chi connectivity index (χ0n) is 5.44. The molecule has 0 aliphatic heterocycles. The highest BCUT2D eigenvalue weighted by Crippen LogP contribution is 2.13. The molecule has 0 saturated carbocycles. The van der Waals surface area contributed by atoms with Crippen molar-refractivity contribution >= 4 is 18.9 Å². The van der Waals surface area contributed by atoms with Crippen LogP contribution < -0.4 is 4.65 Å². The number of hydrogen-bond acceptors (Lipinski definition) is 4. The summed E-state index contributed by atoms with van der Waals surface area (Å²) in [6.45, 7) is 0. The van der Waals surface area contributed by atoms with Gasteiger partial charge in [0, 0.05) is 12.3 Å². The van der Waals surface area contributed by atoms with Crippen LogP contribution in [0.15, 0.2) is 18.3 Å². The maximum absolute atomic E-state index is 8.37. The van der Waals surface area contributed by atoms with Gasteiger partial charge in [0.1, 0.15) is 10.9 Å². The van der Waals surface area contributed by atoms with Gasteiger partial charge in [0.25, 0.3) is 0 Å². The number of nitrogens with zero attached hydrogens (tertiary/aromatic N) is 1. The van der Waals surface area contributed by atoms with E-state index in [1.807, 2.05) is 0 Å². The van der Waals surface area contributed by atoms with Crippen molar-refractivity contribution in [2.75, 3.05) is 0 Å². The van der Waals surface area contributed by atoms with Gasteiger partial charge in [-0.2, -0.15) is 0 Å². The number of aromatic nitrogens is 1. The van der Waals surface area contributed by atoms with Crippen molar-refractivity contribution in [3.8, 4) is 5.75 Å². The second-order valence-electron chi connectivity index (χ2n) is 1.76. The van der Waals surface area contributed by atoms with Crippen molar-refractivity contribution in [2.45, 2.75) is 0 Å². The zero-order valence-corrected chi connectivity index (χ0v) is 6.19. The van der Waals surface area contributed by atoms with Gasteiger partial charge < -0.3 is 14.7 Å². The van der Waals surface area contributed by atoms with E-state index < -0.39 is 7.32 Å². The van der Waals surface area contributed by atoms with Crippen LogP contribution in [-0.2, 0) is 0 Å². The van der Waals surface area contributed by atoms with Crippen LogP contribution in [0.2, 0.25) is 5.15 Å². The van der Waals surface area contributed by atoms with Gasteiger partial charge in [0.2, 0.25) is 0 Å². The molecular weight excluding hydrogens is 168 g/mol. The van der Waals surface area contributed by atoms with E-state index in [9.17, 15) is 0 Å². The van der Waals surface area contributed by atoms with Crippen LogP contribution in [0.25, 0.3) is 0 Å². The zero-order chi connectivity index (χ0) is 8.27. The molecule has 0 radical (unpaired) electrons. The highest BCUT2D eigenvalue weighted by atomic mass is 35.5. The van der Waals surface area contributed by atoms with Gasteiger partial charge in [0.05, 0.1) is 0 Å². The van der Waals surface area contributed by atoms with Gasteiger partial charge in [-0.25, -0.2) is 4.98 Å². The molecule has 6 heteroatoms. The number of hydrogen-bond donors (Lipinski definition) is 2. The van der Waals surface area contributed by atoms with Crippen molar-refractivity contribution in [3.05, 3.63) is 23.5 Å². The lowest BCUT2D eigenvalue weighted by molar-refractivity contribution is 0.288. The van der Waals surface area contributed by atoms with Gasteiger partial charge in [-0.05, 0) is 6.07 Å². The first kappa shape index (κ1) is 8.32. The number of pyridine rings is 1. The van der Waals surface area contributed by atoms with E-state index in [1.165, 1.54) is 18.3 Å². The van der Waals surface area contributed by atoms with Gasteiger partial charge in [-0.15, -0.1) is 0 Å². The minimum Gasteiger partial charge on any atom is -0.512 e. The fraction of sp³-hybridized carbons (Fsp3) is 0. The van der Waals surface area contributed by atoms with E-state index in [-0.39, 0.29) is 10.9 Å². The minimum atomic E-state index is -1.83. The first-order valence-corrected chi connectivity index (χ1v) is 3.20. The van der Waals surface area contributed by atoms with E-state index in [0.717, 1.165) is 0 Å². The fourth-order valence-electron chi connectivity index (χ4n) is 0.580. The van der Waals surface area contributed by atoms with Crippen molar-refractivity contribution in [3.63, 3.8) is 0 Å². The highest BCUT2D eigenvalue weighted by Gasteiger charge is 2.10. The largest absolute Gasteiger partial charge is 0.707 e. The Bertz CT molecular complexity index is 245. The normalized spacial score (nSPS) is 9.36. The van der Waals surface area contributed by atoms with Crippen LogP contribution in [0, 0.1) is 0 Å². The van der Waals surface area contributed by atoms with Crippen molar-refractivity contribution in [1.29, 1.82) is 0 Å². The molecule has 0 spiro atoms. The summed E-state index contributed by atoms with van der Waals surface area (Å²) in [6.07, 6.45) is 1.40. The Morgan fingerprint density at radius 1 is 1.55 bits per heavy atom. The average molecular weight is 173 g/mol. The summed E-state index contributed by atoms with van der Waals surface area (Å²) in [6, 6.07) is 2.84. The molecule has 58 valence electrons. The van der Waals surface area contributed by atoms with Gasteiger partial charge in [-0.3, -0.25) is 0 Å². The summed E-state index contributed by atoms with van der Waals surface area (Å²) in [7, 11) is -1.83. The predicted octanol–water partition coefficient (Wildman–Crippen LogP) is 0.0833. The fourth-order valence-corrected chi connectivity index (χ4v) is 0.744. The molecular formula is C5H5BClNO3. The first-order valence-electron chi connectivity index (χ1n) is 2.83. The van der Waals surface area contributed by atoms with Gasteiger partial charge in [-0.1, -0.05) is 11.6 Å². The Kier molecular flexibility index (Phi) is 2.70. The van der Waals surface area contributed by atoms with E-state index in [2.05, 4.69) is 9.64 Å². The second kappa shape index (κ2) is 3.57. The summed E-state index contributed by atoms with van der Waals surface area (Å²) in [5.41, 5.74) is 0. The summed E-state index contributed by atoms with van der Waals surface area (Å²) < 4.78 is 4.48. The number of rotatable bonds is 2. The lowest BCUT2D eigenvalue weighted by atomic mass is 10.2.